The van der Waals surface area contributed by atoms with Crippen LogP contribution in [0.4, 0.5) is 5.00 Å². The Balaban J connectivity index is 1.85. The molecule has 0 aromatic carbocycles. The third-order valence-electron chi connectivity index (χ3n) is 4.82. The molecule has 1 fully saturated rings. The van der Waals surface area contributed by atoms with E-state index >= 15 is 0 Å². The predicted octanol–water partition coefficient (Wildman–Crippen LogP) is 2.56. The van der Waals surface area contributed by atoms with Crippen molar-refractivity contribution in [2.24, 2.45) is 23.7 Å². The highest BCUT2D eigenvalue weighted by Gasteiger charge is 2.51. The van der Waals surface area contributed by atoms with Gasteiger partial charge in [-0.3, -0.25) is 9.59 Å². The van der Waals surface area contributed by atoms with E-state index in [0.29, 0.717) is 17.0 Å². The summed E-state index contributed by atoms with van der Waals surface area (Å²) in [5.41, 5.74) is 0.318. The number of allylic oxidation sites excluding steroid dienone is 2. The molecular weight excluding hydrogens is 330 g/mol. The third-order valence-corrected chi connectivity index (χ3v) is 6.02. The topological polar surface area (TPSA) is 92.7 Å². The zero-order chi connectivity index (χ0) is 17.4. The van der Waals surface area contributed by atoms with Gasteiger partial charge in [-0.1, -0.05) is 19.1 Å². The second-order valence-electron chi connectivity index (χ2n) is 6.13. The minimum Gasteiger partial charge on any atom is -0.481 e. The molecule has 1 aromatic heterocycles. The summed E-state index contributed by atoms with van der Waals surface area (Å²) in [6, 6.07) is 1.71. The minimum absolute atomic E-state index is 0.0525. The molecule has 0 aliphatic heterocycles. The number of carboxylic acid groups (broad SMARTS) is 1. The zero-order valence-corrected chi connectivity index (χ0v) is 14.3. The first kappa shape index (κ1) is 16.7. The van der Waals surface area contributed by atoms with Gasteiger partial charge in [-0.15, -0.1) is 11.3 Å². The largest absolute Gasteiger partial charge is 0.481 e. The number of anilines is 1. The Morgan fingerprint density at radius 1 is 1.29 bits per heavy atom. The van der Waals surface area contributed by atoms with Gasteiger partial charge in [-0.25, -0.2) is 4.79 Å². The molecule has 6 nitrogen and oxygen atoms in total. The maximum Gasteiger partial charge on any atom is 0.340 e. The Hall–Kier alpha value is -2.15. The number of methoxy groups -OCH3 is 1. The Morgan fingerprint density at radius 2 is 1.96 bits per heavy atom. The van der Waals surface area contributed by atoms with Crippen molar-refractivity contribution < 1.29 is 24.2 Å². The van der Waals surface area contributed by atoms with E-state index in [-0.39, 0.29) is 17.7 Å². The first-order chi connectivity index (χ1) is 11.5. The number of carboxylic acids is 1. The van der Waals surface area contributed by atoms with E-state index in [4.69, 9.17) is 4.74 Å². The number of esters is 1. The number of hydrogen-bond acceptors (Lipinski definition) is 5. The maximum absolute atomic E-state index is 12.7. The number of carbonyl (C=O) groups excluding carboxylic acids is 2. The van der Waals surface area contributed by atoms with Crippen molar-refractivity contribution in [1.29, 1.82) is 0 Å². The van der Waals surface area contributed by atoms with E-state index in [1.54, 1.807) is 6.07 Å². The average molecular weight is 349 g/mol. The van der Waals surface area contributed by atoms with Gasteiger partial charge in [-0.05, 0) is 30.7 Å². The predicted molar refractivity (Wildman–Crippen MR) is 89.0 cm³/mol. The Kier molecular flexibility index (Phi) is 4.45. The molecule has 4 atom stereocenters. The van der Waals surface area contributed by atoms with E-state index in [1.165, 1.54) is 18.4 Å². The lowest BCUT2D eigenvalue weighted by molar-refractivity contribution is -0.146. The van der Waals surface area contributed by atoms with Gasteiger partial charge >= 0.3 is 11.9 Å². The molecule has 2 aliphatic carbocycles. The summed E-state index contributed by atoms with van der Waals surface area (Å²) in [4.78, 5) is 37.1. The summed E-state index contributed by atoms with van der Waals surface area (Å²) in [6.45, 7) is 1.96. The molecule has 0 spiro atoms. The second kappa shape index (κ2) is 6.39. The third kappa shape index (κ3) is 2.73. The number of hydrogen-bond donors (Lipinski definition) is 2. The Bertz CT molecular complexity index is 723. The molecule has 1 aromatic rings. The fourth-order valence-electron chi connectivity index (χ4n) is 3.68. The summed E-state index contributed by atoms with van der Waals surface area (Å²) >= 11 is 1.32. The van der Waals surface area contributed by atoms with Gasteiger partial charge in [0.05, 0.1) is 24.5 Å². The van der Waals surface area contributed by atoms with E-state index in [1.807, 2.05) is 19.1 Å². The van der Waals surface area contributed by atoms with Crippen molar-refractivity contribution >= 4 is 34.2 Å². The SMILES string of the molecule is CCc1cc(C(=O)OC)c(NC(=O)[C@@H]2[C@@H](C(=O)O)[C@@H]3C=C[C@@H]2C3)s1. The van der Waals surface area contributed by atoms with E-state index in [2.05, 4.69) is 5.32 Å². The zero-order valence-electron chi connectivity index (χ0n) is 13.4. The number of carbonyl (C=O) groups is 3. The highest BCUT2D eigenvalue weighted by atomic mass is 32.1. The first-order valence-electron chi connectivity index (χ1n) is 7.89. The summed E-state index contributed by atoms with van der Waals surface area (Å²) < 4.78 is 4.76. The molecule has 3 rings (SSSR count). The summed E-state index contributed by atoms with van der Waals surface area (Å²) in [5, 5.41) is 12.7. The highest BCUT2D eigenvalue weighted by Crippen LogP contribution is 2.48. The molecule has 2 aliphatic rings. The number of amides is 1. The number of fused-ring (bicyclic) bond motifs is 2. The summed E-state index contributed by atoms with van der Waals surface area (Å²) in [5.74, 6) is -3.23. The van der Waals surface area contributed by atoms with E-state index in [9.17, 15) is 19.5 Å². The van der Waals surface area contributed by atoms with E-state index in [0.717, 1.165) is 11.3 Å². The van der Waals surface area contributed by atoms with Gasteiger partial charge in [0.1, 0.15) is 5.00 Å². The van der Waals surface area contributed by atoms with Crippen LogP contribution in [0.5, 0.6) is 0 Å². The van der Waals surface area contributed by atoms with Crippen LogP contribution in [0, 0.1) is 23.7 Å². The molecule has 7 heteroatoms. The van der Waals surface area contributed by atoms with Gasteiger partial charge in [0, 0.05) is 4.88 Å². The maximum atomic E-state index is 12.7. The average Bonchev–Trinajstić information content (AvgIpc) is 3.27. The van der Waals surface area contributed by atoms with Crippen LogP contribution in [-0.4, -0.2) is 30.1 Å². The fourth-order valence-corrected chi connectivity index (χ4v) is 4.67. The monoisotopic (exact) mass is 349 g/mol. The van der Waals surface area contributed by atoms with Gasteiger partial charge in [0.2, 0.25) is 5.91 Å². The molecule has 1 amide bonds. The molecular formula is C17H19NO5S. The van der Waals surface area contributed by atoms with Crippen LogP contribution < -0.4 is 5.32 Å². The van der Waals surface area contributed by atoms with Crippen LogP contribution in [0.3, 0.4) is 0 Å². The quantitative estimate of drug-likeness (QED) is 0.629. The Labute approximate surface area is 143 Å². The minimum atomic E-state index is -0.944. The molecule has 128 valence electrons. The van der Waals surface area contributed by atoms with Crippen LogP contribution in [0.25, 0.3) is 0 Å². The van der Waals surface area contributed by atoms with E-state index < -0.39 is 23.8 Å². The Morgan fingerprint density at radius 3 is 2.54 bits per heavy atom. The van der Waals surface area contributed by atoms with Crippen LogP contribution >= 0.6 is 11.3 Å². The molecule has 1 heterocycles. The molecule has 2 N–H and O–H groups in total. The smallest absolute Gasteiger partial charge is 0.340 e. The summed E-state index contributed by atoms with van der Waals surface area (Å²) in [7, 11) is 1.29. The first-order valence-corrected chi connectivity index (χ1v) is 8.70. The van der Waals surface area contributed by atoms with Crippen molar-refractivity contribution in [1.82, 2.24) is 0 Å². The number of nitrogens with one attached hydrogen (secondary N) is 1. The number of rotatable bonds is 5. The number of ether oxygens (including phenoxy) is 1. The van der Waals surface area contributed by atoms with Crippen molar-refractivity contribution in [3.63, 3.8) is 0 Å². The molecule has 0 radical (unpaired) electrons. The van der Waals surface area contributed by atoms with Crippen LogP contribution in [-0.2, 0) is 20.7 Å². The van der Waals surface area contributed by atoms with Crippen LogP contribution in [0.1, 0.15) is 28.6 Å². The van der Waals surface area contributed by atoms with Crippen molar-refractivity contribution in [2.45, 2.75) is 19.8 Å². The lowest BCUT2D eigenvalue weighted by Crippen LogP contribution is -2.36. The molecule has 1 saturated carbocycles. The van der Waals surface area contributed by atoms with Crippen LogP contribution in [0.15, 0.2) is 18.2 Å². The van der Waals surface area contributed by atoms with Crippen LogP contribution in [0.2, 0.25) is 0 Å². The number of aryl methyl sites for hydroxylation is 1. The standard InChI is InChI=1S/C17H19NO5S/c1-3-10-7-11(17(22)23-2)15(24-10)18-14(19)12-8-4-5-9(6-8)13(12)16(20)21/h4-5,7-9,12-13H,3,6H2,1-2H3,(H,18,19)(H,20,21)/t8-,9-,12+,13+/m1/s1. The molecule has 2 bridgehead atoms. The van der Waals surface area contributed by atoms with Crippen molar-refractivity contribution in [3.05, 3.63) is 28.7 Å². The normalized spacial score (nSPS) is 27.2. The molecule has 24 heavy (non-hydrogen) atoms. The lowest BCUT2D eigenvalue weighted by atomic mass is 9.82. The lowest BCUT2D eigenvalue weighted by Gasteiger charge is -2.23. The second-order valence-corrected chi connectivity index (χ2v) is 7.26. The van der Waals surface area contributed by atoms with Gasteiger partial charge < -0.3 is 15.2 Å². The van der Waals surface area contributed by atoms with Gasteiger partial charge in [0.15, 0.2) is 0 Å². The summed E-state index contributed by atoms with van der Waals surface area (Å²) in [6.07, 6.45) is 5.26. The number of thiophene rings is 1. The van der Waals surface area contributed by atoms with Crippen molar-refractivity contribution in [3.8, 4) is 0 Å². The van der Waals surface area contributed by atoms with Crippen molar-refractivity contribution in [2.75, 3.05) is 12.4 Å². The number of aliphatic carboxylic acids is 1. The molecule has 0 saturated heterocycles. The van der Waals surface area contributed by atoms with Gasteiger partial charge in [-0.2, -0.15) is 0 Å². The fraction of sp³-hybridized carbons (Fsp3) is 0.471. The highest BCUT2D eigenvalue weighted by molar-refractivity contribution is 7.16. The molecule has 0 unspecified atom stereocenters. The van der Waals surface area contributed by atoms with Gasteiger partial charge in [0.25, 0.3) is 0 Å².